The number of rotatable bonds is 7. The maximum Gasteiger partial charge on any atom is 0.115 e. The van der Waals surface area contributed by atoms with Crippen molar-refractivity contribution < 1.29 is 0 Å². The minimum absolute atomic E-state index is 0.169. The zero-order valence-electron chi connectivity index (χ0n) is 37.5. The van der Waals surface area contributed by atoms with Gasteiger partial charge in [0.2, 0.25) is 0 Å². The Labute approximate surface area is 410 Å². The first kappa shape index (κ1) is 42.6. The predicted octanol–water partition coefficient (Wildman–Crippen LogP) is 7.77. The van der Waals surface area contributed by atoms with Crippen molar-refractivity contribution in [3.63, 3.8) is 0 Å². The van der Waals surface area contributed by atoms with Crippen LogP contribution in [0.2, 0.25) is 0 Å². The highest BCUT2D eigenvalue weighted by Gasteiger charge is 2.26. The second kappa shape index (κ2) is 16.8. The van der Waals surface area contributed by atoms with Gasteiger partial charge in [-0.2, -0.15) is 0 Å². The second-order valence-corrected chi connectivity index (χ2v) is 17.6. The average Bonchev–Trinajstić information content (AvgIpc) is 3.94. The number of nitrogens with zero attached hydrogens (tertiary/aromatic N) is 2. The number of aromatic nitrogens is 2. The van der Waals surface area contributed by atoms with Gasteiger partial charge in [-0.1, -0.05) is 185 Å². The molecule has 0 fully saturated rings. The fourth-order valence-corrected chi connectivity index (χ4v) is 10.5. The third kappa shape index (κ3) is 6.73. The summed E-state index contributed by atoms with van der Waals surface area (Å²) in [5, 5.41) is 3.20. The highest BCUT2D eigenvalue weighted by Crippen LogP contribution is 2.43. The Kier molecular flexibility index (Phi) is 10.4. The van der Waals surface area contributed by atoms with Crippen LogP contribution in [0.4, 0.5) is 0 Å². The third-order valence-electron chi connectivity index (χ3n) is 13.7. The van der Waals surface area contributed by atoms with Gasteiger partial charge in [0.05, 0.1) is 16.7 Å². The van der Waals surface area contributed by atoms with Crippen LogP contribution in [0.3, 0.4) is 0 Å². The summed E-state index contributed by atoms with van der Waals surface area (Å²) in [6.45, 7) is 0. The topological polar surface area (TPSA) is 9.86 Å². The largest absolute Gasteiger partial charge is 0.311 e. The molecule has 0 bridgehead atoms. The van der Waals surface area contributed by atoms with Gasteiger partial charge in [-0.3, -0.25) is 0 Å². The molecule has 0 N–H and O–H groups in total. The molecule has 0 spiro atoms. The van der Waals surface area contributed by atoms with Crippen LogP contribution in [0.15, 0.2) is 200 Å². The average molecular weight is 858 g/mol. The van der Waals surface area contributed by atoms with Crippen LogP contribution in [-0.4, -0.2) is 64.1 Å². The molecule has 0 amide bonds. The normalized spacial score (nSPS) is 11.6. The van der Waals surface area contributed by atoms with Crippen molar-refractivity contribution in [1.82, 2.24) is 9.13 Å². The van der Waals surface area contributed by atoms with Crippen molar-refractivity contribution in [1.29, 1.82) is 0 Å². The molecule has 9 heteroatoms. The maximum absolute atomic E-state index is 7.50. The first-order valence-electron chi connectivity index (χ1n) is 22.8. The summed E-state index contributed by atoms with van der Waals surface area (Å²) in [6.07, 6.45) is 0. The van der Waals surface area contributed by atoms with Gasteiger partial charge in [0.15, 0.2) is 0 Å². The molecule has 304 valence electrons. The lowest BCUT2D eigenvalue weighted by Gasteiger charge is -2.20. The molecule has 10 aromatic carbocycles. The monoisotopic (exact) mass is 858 g/mol. The molecule has 0 aliphatic heterocycles. The molecule has 14 radical (unpaired) electrons. The molecule has 2 heterocycles. The first-order valence-corrected chi connectivity index (χ1v) is 22.8. The Balaban J connectivity index is 1.15. The summed E-state index contributed by atoms with van der Waals surface area (Å²) in [6, 6.07) is 69.4. The number of hydrogen-bond acceptors (Lipinski definition) is 0. The molecule has 0 saturated heterocycles. The Hall–Kier alpha value is -7.75. The van der Waals surface area contributed by atoms with Crippen molar-refractivity contribution in [2.45, 2.75) is 0 Å². The number of fused-ring (bicyclic) bond motifs is 6. The molecular formula is C60H33B7N2. The zero-order valence-corrected chi connectivity index (χ0v) is 37.5. The summed E-state index contributed by atoms with van der Waals surface area (Å²) in [5.41, 5.74) is 16.8. The first-order chi connectivity index (χ1) is 33.7. The smallest absolute Gasteiger partial charge is 0.115 e. The summed E-state index contributed by atoms with van der Waals surface area (Å²) in [4.78, 5) is 0. The quantitative estimate of drug-likeness (QED) is 0.145. The van der Waals surface area contributed by atoms with Crippen molar-refractivity contribution in [3.05, 3.63) is 200 Å². The van der Waals surface area contributed by atoms with Gasteiger partial charge in [-0.25, -0.2) is 0 Å². The van der Waals surface area contributed by atoms with Gasteiger partial charge >= 0.3 is 0 Å². The van der Waals surface area contributed by atoms with Gasteiger partial charge in [0.1, 0.15) is 54.9 Å². The van der Waals surface area contributed by atoms with E-state index in [4.69, 9.17) is 54.9 Å². The third-order valence-corrected chi connectivity index (χ3v) is 13.7. The molecular weight excluding hydrogens is 824 g/mol. The van der Waals surface area contributed by atoms with Crippen LogP contribution < -0.4 is 38.2 Å². The molecule has 2 aromatic heterocycles. The molecule has 0 unspecified atom stereocenters. The predicted molar refractivity (Wildman–Crippen MR) is 300 cm³/mol. The molecule has 69 heavy (non-hydrogen) atoms. The van der Waals surface area contributed by atoms with Crippen molar-refractivity contribution in [3.8, 4) is 67.0 Å². The minimum Gasteiger partial charge on any atom is -0.311 e. The van der Waals surface area contributed by atoms with Crippen LogP contribution in [0, 0.1) is 0 Å². The standard InChI is InChI=1S/C60H33B7N2/c61-52-48(53(62)57(66)59-50(52)51-54(63)55(64)56(65)58(67)60(51)68(59)41-24-13-23-38(31-41)34-15-5-1-6-16-34)40-28-30-46-44(33-40)49-42(36-19-9-3-10-20-36)25-14-26-47(49)69(46)45-29-27-39(35-17-7-2-8-18-35)32-43(45)37-21-11-4-12-22-37/h1-33H. The summed E-state index contributed by atoms with van der Waals surface area (Å²) < 4.78 is 4.33. The van der Waals surface area contributed by atoms with E-state index in [9.17, 15) is 0 Å². The summed E-state index contributed by atoms with van der Waals surface area (Å²) in [7, 11) is 49.3. The van der Waals surface area contributed by atoms with E-state index in [2.05, 4.69) is 162 Å². The maximum atomic E-state index is 7.50. The summed E-state index contributed by atoms with van der Waals surface area (Å²) >= 11 is 0. The van der Waals surface area contributed by atoms with Crippen LogP contribution >= 0.6 is 0 Å². The fourth-order valence-electron chi connectivity index (χ4n) is 10.5. The highest BCUT2D eigenvalue weighted by molar-refractivity contribution is 6.69. The molecule has 2 nitrogen and oxygen atoms in total. The highest BCUT2D eigenvalue weighted by atomic mass is 15.0. The summed E-state index contributed by atoms with van der Waals surface area (Å²) in [5.74, 6) is 0. The number of benzene rings is 10. The van der Waals surface area contributed by atoms with E-state index in [0.29, 0.717) is 43.8 Å². The minimum atomic E-state index is 0.169. The number of hydrogen-bond donors (Lipinski definition) is 0. The molecule has 0 atom stereocenters. The second-order valence-electron chi connectivity index (χ2n) is 17.6. The van der Waals surface area contributed by atoms with Crippen molar-refractivity contribution in [2.24, 2.45) is 0 Å². The zero-order chi connectivity index (χ0) is 47.1. The SMILES string of the molecule is [B]c1c([B])c([B])c2c(c1[B])c1c([B])c(-c3ccc4c(c3)c3c(-c5ccccc5)cccc3n4-c3ccc(-c4ccccc4)cc3-c3ccccc3)c([B])c([B])c1n2-c1cccc(-c2ccccc2)c1. The van der Waals surface area contributed by atoms with E-state index in [0.717, 1.165) is 83.3 Å². The van der Waals surface area contributed by atoms with Crippen LogP contribution in [0.1, 0.15) is 0 Å². The lowest BCUT2D eigenvalue weighted by Crippen LogP contribution is -2.48. The Morgan fingerprint density at radius 1 is 0.275 bits per heavy atom. The molecule has 12 aromatic rings. The fraction of sp³-hybridized carbons (Fsp3) is 0. The van der Waals surface area contributed by atoms with Crippen LogP contribution in [0.25, 0.3) is 111 Å². The van der Waals surface area contributed by atoms with Crippen LogP contribution in [0.5, 0.6) is 0 Å². The van der Waals surface area contributed by atoms with E-state index < -0.39 is 0 Å². The Bertz CT molecular complexity index is 4010. The lowest BCUT2D eigenvalue weighted by molar-refractivity contribution is 1.18. The van der Waals surface area contributed by atoms with Gasteiger partial charge in [-0.15, -0.1) is 10.9 Å². The Morgan fingerprint density at radius 3 is 1.42 bits per heavy atom. The van der Waals surface area contributed by atoms with E-state index in [-0.39, 0.29) is 21.9 Å². The molecule has 0 aliphatic carbocycles. The van der Waals surface area contributed by atoms with E-state index >= 15 is 0 Å². The van der Waals surface area contributed by atoms with Gasteiger partial charge in [0, 0.05) is 38.4 Å². The van der Waals surface area contributed by atoms with Crippen LogP contribution in [-0.2, 0) is 0 Å². The van der Waals surface area contributed by atoms with Gasteiger partial charge in [0.25, 0.3) is 0 Å². The van der Waals surface area contributed by atoms with Gasteiger partial charge < -0.3 is 9.13 Å². The Morgan fingerprint density at radius 2 is 0.783 bits per heavy atom. The van der Waals surface area contributed by atoms with E-state index in [1.165, 1.54) is 0 Å². The lowest BCUT2D eigenvalue weighted by atomic mass is 9.64. The molecule has 0 saturated carbocycles. The van der Waals surface area contributed by atoms with Crippen molar-refractivity contribution >= 4 is 137 Å². The molecule has 0 aliphatic rings. The van der Waals surface area contributed by atoms with E-state index in [1.807, 2.05) is 47.0 Å². The van der Waals surface area contributed by atoms with E-state index in [1.54, 1.807) is 0 Å². The van der Waals surface area contributed by atoms with Gasteiger partial charge in [-0.05, 0) is 97.9 Å². The molecule has 12 rings (SSSR count). The van der Waals surface area contributed by atoms with Crippen molar-refractivity contribution in [2.75, 3.05) is 0 Å².